The Kier molecular flexibility index (Phi) is 5.99. The van der Waals surface area contributed by atoms with Gasteiger partial charge in [0.1, 0.15) is 9.76 Å². The summed E-state index contributed by atoms with van der Waals surface area (Å²) in [5, 5.41) is 0. The van der Waals surface area contributed by atoms with Gasteiger partial charge in [0.15, 0.2) is 0 Å². The van der Waals surface area contributed by atoms with Crippen molar-refractivity contribution in [1.82, 2.24) is 0 Å². The Morgan fingerprint density at radius 2 is 1.71 bits per heavy atom. The van der Waals surface area contributed by atoms with Gasteiger partial charge in [-0.05, 0) is 32.7 Å². The Balaban J connectivity index is 4.06. The molecule has 8 heteroatoms. The maximum Gasteiger partial charge on any atom is 0.320 e. The van der Waals surface area contributed by atoms with Crippen LogP contribution in [0.1, 0.15) is 0 Å². The maximum absolute atomic E-state index is 9.65. The Bertz CT molecular complexity index is 170. The molecular weight excluding hydrogens is 248 g/mol. The first-order chi connectivity index (χ1) is 6.16. The normalized spacial score (nSPS) is 16.5. The molecule has 0 heterocycles. The fourth-order valence-corrected chi connectivity index (χ4v) is 12.7. The topological polar surface area (TPSA) is 47.9 Å². The molecule has 0 aliphatic carbocycles. The average Bonchev–Trinajstić information content (AvgIpc) is 1.78. The van der Waals surface area contributed by atoms with E-state index < -0.39 is 36.2 Å². The summed E-state index contributed by atoms with van der Waals surface area (Å²) in [5.74, 6) is 0. The third-order valence-electron chi connectivity index (χ3n) is 1.35. The van der Waals surface area contributed by atoms with E-state index >= 15 is 0 Å². The summed E-state index contributed by atoms with van der Waals surface area (Å²) < 4.78 is 17.0. The zero-order chi connectivity index (χ0) is 11.4. The van der Waals surface area contributed by atoms with Gasteiger partial charge in [0.05, 0.1) is 0 Å². The molecule has 0 rings (SSSR count). The van der Waals surface area contributed by atoms with Crippen molar-refractivity contribution >= 4 is 36.2 Å². The van der Waals surface area contributed by atoms with Crippen LogP contribution in [-0.4, -0.2) is 41.0 Å². The van der Waals surface area contributed by atoms with Gasteiger partial charge in [0.25, 0.3) is 9.28 Å². The molecule has 0 spiro atoms. The van der Waals surface area contributed by atoms with Crippen molar-refractivity contribution in [2.45, 2.75) is 39.3 Å². The van der Waals surface area contributed by atoms with E-state index in [4.69, 9.17) is 12.3 Å². The standard InChI is InChI=1S/C6H22O4Si4/c1-11-8-12(2)9-14(5,6)10-13(3,4)7/h7,12H,11H2,1-6H3. The molecule has 0 bridgehead atoms. The molecule has 1 N–H and O–H groups in total. The van der Waals surface area contributed by atoms with Gasteiger partial charge in [-0.2, -0.15) is 0 Å². The predicted molar refractivity (Wildman–Crippen MR) is 67.9 cm³/mol. The van der Waals surface area contributed by atoms with E-state index in [1.54, 1.807) is 13.1 Å². The molecule has 0 aromatic heterocycles. The molecule has 0 aromatic carbocycles. The molecule has 0 amide bonds. The molecule has 1 unspecified atom stereocenters. The van der Waals surface area contributed by atoms with Crippen LogP contribution in [0.4, 0.5) is 0 Å². The van der Waals surface area contributed by atoms with E-state index in [-0.39, 0.29) is 0 Å². The number of hydrogen-bond donors (Lipinski definition) is 1. The van der Waals surface area contributed by atoms with Crippen LogP contribution in [0.3, 0.4) is 0 Å². The van der Waals surface area contributed by atoms with Gasteiger partial charge in [-0.3, -0.25) is 0 Å². The van der Waals surface area contributed by atoms with Crippen LogP contribution in [0, 0.1) is 0 Å². The third kappa shape index (κ3) is 8.05. The van der Waals surface area contributed by atoms with Crippen LogP contribution in [0.25, 0.3) is 0 Å². The Morgan fingerprint density at radius 1 is 1.21 bits per heavy atom. The van der Waals surface area contributed by atoms with Gasteiger partial charge in [0, 0.05) is 0 Å². The molecule has 4 nitrogen and oxygen atoms in total. The van der Waals surface area contributed by atoms with Crippen LogP contribution < -0.4 is 0 Å². The molecule has 14 heavy (non-hydrogen) atoms. The van der Waals surface area contributed by atoms with Crippen LogP contribution in [-0.2, 0) is 12.3 Å². The van der Waals surface area contributed by atoms with Crippen LogP contribution in [0.5, 0.6) is 0 Å². The van der Waals surface area contributed by atoms with Gasteiger partial charge in [0.2, 0.25) is 0 Å². The molecule has 1 atom stereocenters. The van der Waals surface area contributed by atoms with E-state index in [0.717, 1.165) is 0 Å². The predicted octanol–water partition coefficient (Wildman–Crippen LogP) is 0.414. The highest BCUT2D eigenvalue weighted by molar-refractivity contribution is 6.81. The summed E-state index contributed by atoms with van der Waals surface area (Å²) in [4.78, 5) is 9.65. The molecule has 0 aliphatic rings. The van der Waals surface area contributed by atoms with Crippen molar-refractivity contribution in [3.63, 3.8) is 0 Å². The summed E-state index contributed by atoms with van der Waals surface area (Å²) in [7, 11) is -6.54. The minimum Gasteiger partial charge on any atom is -0.444 e. The smallest absolute Gasteiger partial charge is 0.320 e. The fraction of sp³-hybridized carbons (Fsp3) is 1.00. The van der Waals surface area contributed by atoms with E-state index in [1.165, 1.54) is 0 Å². The first-order valence-electron chi connectivity index (χ1n) is 4.88. The molecule has 0 radical (unpaired) electrons. The van der Waals surface area contributed by atoms with E-state index in [9.17, 15) is 4.80 Å². The highest BCUT2D eigenvalue weighted by atomic mass is 28.5. The van der Waals surface area contributed by atoms with Crippen molar-refractivity contribution in [1.29, 1.82) is 0 Å². The summed E-state index contributed by atoms with van der Waals surface area (Å²) in [6, 6.07) is 0. The number of hydrogen-bond acceptors (Lipinski definition) is 4. The molecule has 0 aromatic rings. The second-order valence-electron chi connectivity index (χ2n) is 4.09. The summed E-state index contributed by atoms with van der Waals surface area (Å²) >= 11 is 0. The molecule has 86 valence electrons. The van der Waals surface area contributed by atoms with Gasteiger partial charge in [-0.25, -0.2) is 0 Å². The van der Waals surface area contributed by atoms with Crippen LogP contribution in [0.15, 0.2) is 0 Å². The van der Waals surface area contributed by atoms with Crippen molar-refractivity contribution in [3.8, 4) is 0 Å². The van der Waals surface area contributed by atoms with Crippen LogP contribution >= 0.6 is 0 Å². The van der Waals surface area contributed by atoms with Crippen molar-refractivity contribution in [2.75, 3.05) is 0 Å². The van der Waals surface area contributed by atoms with E-state index in [1.807, 2.05) is 19.6 Å². The van der Waals surface area contributed by atoms with Crippen molar-refractivity contribution in [2.24, 2.45) is 0 Å². The van der Waals surface area contributed by atoms with Gasteiger partial charge >= 0.3 is 17.1 Å². The zero-order valence-corrected chi connectivity index (χ0v) is 14.5. The highest BCUT2D eigenvalue weighted by Crippen LogP contribution is 2.14. The maximum atomic E-state index is 9.65. The SMILES string of the molecule is C[SiH2]O[SiH](C)O[Si](C)(C)O[Si](C)(C)O. The molecule has 0 saturated heterocycles. The minimum atomic E-state index is -2.47. The Hall–Kier alpha value is 0.708. The first kappa shape index (κ1) is 14.7. The van der Waals surface area contributed by atoms with Gasteiger partial charge in [-0.1, -0.05) is 6.55 Å². The molecule has 0 fully saturated rings. The van der Waals surface area contributed by atoms with Crippen LogP contribution in [0.2, 0.25) is 39.3 Å². The number of rotatable bonds is 6. The lowest BCUT2D eigenvalue weighted by Crippen LogP contribution is -2.49. The Morgan fingerprint density at radius 3 is 2.07 bits per heavy atom. The van der Waals surface area contributed by atoms with Crippen molar-refractivity contribution in [3.05, 3.63) is 0 Å². The molecule has 0 aliphatic heterocycles. The minimum absolute atomic E-state index is 0.392. The first-order valence-corrected chi connectivity index (χ1v) is 14.6. The van der Waals surface area contributed by atoms with Gasteiger partial charge in [-0.15, -0.1) is 0 Å². The molecule has 0 saturated carbocycles. The largest absolute Gasteiger partial charge is 0.444 e. The lowest BCUT2D eigenvalue weighted by Gasteiger charge is -2.31. The second kappa shape index (κ2) is 5.70. The third-order valence-corrected chi connectivity index (χ3v) is 12.1. The Labute approximate surface area is 92.9 Å². The van der Waals surface area contributed by atoms with E-state index in [0.29, 0.717) is 0 Å². The molecular formula is C6H22O4Si4. The van der Waals surface area contributed by atoms with Gasteiger partial charge < -0.3 is 17.1 Å². The quantitative estimate of drug-likeness (QED) is 0.711. The summed E-state index contributed by atoms with van der Waals surface area (Å²) in [6.45, 7) is 11.5. The lowest BCUT2D eigenvalue weighted by molar-refractivity contribution is 0.311. The second-order valence-corrected chi connectivity index (χ2v) is 14.6. The summed E-state index contributed by atoms with van der Waals surface area (Å²) in [6.07, 6.45) is 0. The monoisotopic (exact) mass is 270 g/mol. The fourth-order valence-electron chi connectivity index (χ4n) is 1.29. The lowest BCUT2D eigenvalue weighted by atomic mass is 11.9. The highest BCUT2D eigenvalue weighted by Gasteiger charge is 2.35. The van der Waals surface area contributed by atoms with E-state index in [2.05, 4.69) is 6.55 Å². The zero-order valence-electron chi connectivity index (χ0n) is 9.96. The van der Waals surface area contributed by atoms with Crippen molar-refractivity contribution < 1.29 is 17.1 Å². The summed E-state index contributed by atoms with van der Waals surface area (Å²) in [5.41, 5.74) is 0. The average molecular weight is 271 g/mol.